The second-order valence-electron chi connectivity index (χ2n) is 7.46. The van der Waals surface area contributed by atoms with Crippen molar-refractivity contribution in [3.8, 4) is 11.1 Å². The van der Waals surface area contributed by atoms with Gasteiger partial charge in [0.15, 0.2) is 0 Å². The molecule has 1 aliphatic rings. The normalized spacial score (nSPS) is 16.0. The summed E-state index contributed by atoms with van der Waals surface area (Å²) in [4.78, 5) is 29.6. The van der Waals surface area contributed by atoms with E-state index in [1.54, 1.807) is 0 Å². The van der Waals surface area contributed by atoms with Gasteiger partial charge in [0.25, 0.3) is 5.91 Å². The van der Waals surface area contributed by atoms with Gasteiger partial charge < -0.3 is 10.2 Å². The third kappa shape index (κ3) is 5.16. The molecule has 1 aromatic heterocycles. The summed E-state index contributed by atoms with van der Waals surface area (Å²) in [6, 6.07) is 11.8. The minimum Gasteiger partial charge on any atom is -0.350 e. The Hall–Kier alpha value is -2.69. The van der Waals surface area contributed by atoms with Gasteiger partial charge in [-0.05, 0) is 62.8 Å². The van der Waals surface area contributed by atoms with Crippen LogP contribution in [0.4, 0.5) is 0 Å². The molecule has 142 valence electrons. The second kappa shape index (κ2) is 8.80. The number of piperidine rings is 1. The lowest BCUT2D eigenvalue weighted by molar-refractivity contribution is -0.119. The van der Waals surface area contributed by atoms with E-state index in [0.29, 0.717) is 11.5 Å². The van der Waals surface area contributed by atoms with E-state index < -0.39 is 0 Å². The van der Waals surface area contributed by atoms with Gasteiger partial charge in [0.2, 0.25) is 6.41 Å². The lowest BCUT2D eigenvalue weighted by Gasteiger charge is -2.30. The minimum atomic E-state index is -0.0465. The van der Waals surface area contributed by atoms with Crippen LogP contribution in [-0.4, -0.2) is 41.3 Å². The predicted octanol–water partition coefficient (Wildman–Crippen LogP) is 3.43. The van der Waals surface area contributed by atoms with Crippen molar-refractivity contribution in [2.24, 2.45) is 5.92 Å². The zero-order valence-corrected chi connectivity index (χ0v) is 16.0. The van der Waals surface area contributed by atoms with Crippen LogP contribution in [0.15, 0.2) is 42.6 Å². The number of nitrogens with one attached hydrogen (secondary N) is 1. The minimum absolute atomic E-state index is 0.0465. The Morgan fingerprint density at radius 2 is 2.04 bits per heavy atom. The van der Waals surface area contributed by atoms with E-state index in [1.807, 2.05) is 54.4 Å². The molecule has 2 amide bonds. The van der Waals surface area contributed by atoms with Crippen LogP contribution in [0.2, 0.25) is 0 Å². The van der Waals surface area contributed by atoms with Crippen molar-refractivity contribution in [3.63, 3.8) is 0 Å². The van der Waals surface area contributed by atoms with Gasteiger partial charge in [0.1, 0.15) is 0 Å². The highest BCUT2D eigenvalue weighted by Gasteiger charge is 2.21. The van der Waals surface area contributed by atoms with Gasteiger partial charge in [-0.3, -0.25) is 14.6 Å². The average Bonchev–Trinajstić information content (AvgIpc) is 2.69. The molecule has 0 aliphatic carbocycles. The van der Waals surface area contributed by atoms with Gasteiger partial charge in [0, 0.05) is 42.1 Å². The molecule has 5 heteroatoms. The number of hydrogen-bond donors (Lipinski definition) is 1. The Labute approximate surface area is 160 Å². The van der Waals surface area contributed by atoms with Crippen molar-refractivity contribution in [2.45, 2.75) is 39.2 Å². The van der Waals surface area contributed by atoms with E-state index in [2.05, 4.69) is 17.2 Å². The van der Waals surface area contributed by atoms with E-state index >= 15 is 0 Å². The maximum Gasteiger partial charge on any atom is 0.251 e. The summed E-state index contributed by atoms with van der Waals surface area (Å²) in [5, 5.41) is 3.12. The van der Waals surface area contributed by atoms with Crippen molar-refractivity contribution in [1.82, 2.24) is 15.2 Å². The molecule has 1 atom stereocenters. The number of amides is 2. The molecule has 0 spiro atoms. The van der Waals surface area contributed by atoms with Crippen LogP contribution in [0.1, 0.15) is 42.2 Å². The quantitative estimate of drug-likeness (QED) is 0.798. The first-order valence-corrected chi connectivity index (χ1v) is 9.58. The molecular formula is C22H27N3O2. The highest BCUT2D eigenvalue weighted by molar-refractivity contribution is 5.95. The SMILES string of the molecule is Cc1ccc(-c2cccc(C(=O)N[C@@H](C)CC3CCN(C=O)CC3)c2)cn1. The van der Waals surface area contributed by atoms with Gasteiger partial charge in [0.05, 0.1) is 0 Å². The third-order valence-electron chi connectivity index (χ3n) is 5.23. The van der Waals surface area contributed by atoms with Crippen LogP contribution in [0.25, 0.3) is 11.1 Å². The molecule has 2 aromatic rings. The summed E-state index contributed by atoms with van der Waals surface area (Å²) in [6.07, 6.45) is 5.72. The Balaban J connectivity index is 1.58. The molecule has 1 N–H and O–H groups in total. The van der Waals surface area contributed by atoms with Gasteiger partial charge >= 0.3 is 0 Å². The Kier molecular flexibility index (Phi) is 6.22. The molecule has 1 aliphatic heterocycles. The summed E-state index contributed by atoms with van der Waals surface area (Å²) in [5.74, 6) is 0.510. The summed E-state index contributed by atoms with van der Waals surface area (Å²) in [5.41, 5.74) is 3.63. The number of rotatable bonds is 6. The highest BCUT2D eigenvalue weighted by Crippen LogP contribution is 2.22. The van der Waals surface area contributed by atoms with Gasteiger partial charge in [-0.1, -0.05) is 18.2 Å². The fourth-order valence-electron chi connectivity index (χ4n) is 3.64. The molecule has 3 rings (SSSR count). The number of carbonyl (C=O) groups is 2. The first-order valence-electron chi connectivity index (χ1n) is 9.58. The largest absolute Gasteiger partial charge is 0.350 e. The van der Waals surface area contributed by atoms with Gasteiger partial charge in [-0.25, -0.2) is 0 Å². The number of pyridine rings is 1. The number of aromatic nitrogens is 1. The van der Waals surface area contributed by atoms with Crippen LogP contribution >= 0.6 is 0 Å². The zero-order chi connectivity index (χ0) is 19.2. The number of carbonyl (C=O) groups excluding carboxylic acids is 2. The van der Waals surface area contributed by atoms with Crippen molar-refractivity contribution in [3.05, 3.63) is 53.9 Å². The molecule has 1 saturated heterocycles. The first-order chi connectivity index (χ1) is 13.0. The number of hydrogen-bond acceptors (Lipinski definition) is 3. The molecular weight excluding hydrogens is 338 g/mol. The smallest absolute Gasteiger partial charge is 0.251 e. The summed E-state index contributed by atoms with van der Waals surface area (Å²) in [6.45, 7) is 5.65. The predicted molar refractivity (Wildman–Crippen MR) is 106 cm³/mol. The van der Waals surface area contributed by atoms with Crippen molar-refractivity contribution >= 4 is 12.3 Å². The number of nitrogens with zero attached hydrogens (tertiary/aromatic N) is 2. The first kappa shape index (κ1) is 19.1. The van der Waals surface area contributed by atoms with Crippen LogP contribution in [0.5, 0.6) is 0 Å². The maximum atomic E-state index is 12.7. The fraction of sp³-hybridized carbons (Fsp3) is 0.409. The number of benzene rings is 1. The highest BCUT2D eigenvalue weighted by atomic mass is 16.1. The summed E-state index contributed by atoms with van der Waals surface area (Å²) >= 11 is 0. The van der Waals surface area contributed by atoms with Gasteiger partial charge in [-0.15, -0.1) is 0 Å². The van der Waals surface area contributed by atoms with E-state index in [1.165, 1.54) is 0 Å². The van der Waals surface area contributed by atoms with Crippen molar-refractivity contribution < 1.29 is 9.59 Å². The van der Waals surface area contributed by atoms with Crippen molar-refractivity contribution in [1.29, 1.82) is 0 Å². The third-order valence-corrected chi connectivity index (χ3v) is 5.23. The van der Waals surface area contributed by atoms with Crippen molar-refractivity contribution in [2.75, 3.05) is 13.1 Å². The fourth-order valence-corrected chi connectivity index (χ4v) is 3.64. The second-order valence-corrected chi connectivity index (χ2v) is 7.46. The molecule has 1 aromatic carbocycles. The molecule has 2 heterocycles. The number of aryl methyl sites for hydroxylation is 1. The Morgan fingerprint density at radius 3 is 2.70 bits per heavy atom. The standard InChI is InChI=1S/C22H27N3O2/c1-16-6-7-21(14-23-16)19-4-3-5-20(13-19)22(27)24-17(2)12-18-8-10-25(15-26)11-9-18/h3-7,13-15,17-18H,8-12H2,1-2H3,(H,24,27)/t17-/m0/s1. The molecule has 0 radical (unpaired) electrons. The summed E-state index contributed by atoms with van der Waals surface area (Å²) < 4.78 is 0. The molecule has 1 fully saturated rings. The molecule has 27 heavy (non-hydrogen) atoms. The average molecular weight is 365 g/mol. The Bertz CT molecular complexity index is 780. The maximum absolute atomic E-state index is 12.7. The van der Waals surface area contributed by atoms with E-state index in [4.69, 9.17) is 0 Å². The zero-order valence-electron chi connectivity index (χ0n) is 16.0. The molecule has 0 saturated carbocycles. The topological polar surface area (TPSA) is 62.3 Å². The van der Waals surface area contributed by atoms with E-state index in [0.717, 1.165) is 55.6 Å². The lowest BCUT2D eigenvalue weighted by Crippen LogP contribution is -2.38. The number of likely N-dealkylation sites (tertiary alicyclic amines) is 1. The van der Waals surface area contributed by atoms with Crippen LogP contribution < -0.4 is 5.32 Å². The molecule has 5 nitrogen and oxygen atoms in total. The van der Waals surface area contributed by atoms with Gasteiger partial charge in [-0.2, -0.15) is 0 Å². The lowest BCUT2D eigenvalue weighted by atomic mass is 9.91. The van der Waals surface area contributed by atoms with Crippen LogP contribution in [0, 0.1) is 12.8 Å². The van der Waals surface area contributed by atoms with E-state index in [9.17, 15) is 9.59 Å². The van der Waals surface area contributed by atoms with E-state index in [-0.39, 0.29) is 11.9 Å². The monoisotopic (exact) mass is 365 g/mol. The summed E-state index contributed by atoms with van der Waals surface area (Å²) in [7, 11) is 0. The molecule has 0 unspecified atom stereocenters. The van der Waals surface area contributed by atoms with Crippen LogP contribution in [0.3, 0.4) is 0 Å². The molecule has 0 bridgehead atoms. The van der Waals surface area contributed by atoms with Crippen LogP contribution in [-0.2, 0) is 4.79 Å². The Morgan fingerprint density at radius 1 is 1.26 bits per heavy atom.